The second-order valence-electron chi connectivity index (χ2n) is 8.71. The van der Waals surface area contributed by atoms with Crippen molar-refractivity contribution in [2.24, 2.45) is 0 Å². The summed E-state index contributed by atoms with van der Waals surface area (Å²) in [5, 5.41) is 4.77. The summed E-state index contributed by atoms with van der Waals surface area (Å²) >= 11 is 0. The van der Waals surface area contributed by atoms with Crippen molar-refractivity contribution in [2.45, 2.75) is 20.8 Å². The third-order valence-electron chi connectivity index (χ3n) is 6.42. The molecule has 1 aliphatic heterocycles. The summed E-state index contributed by atoms with van der Waals surface area (Å²) < 4.78 is 0. The number of piperazine rings is 1. The Morgan fingerprint density at radius 1 is 0.719 bits per heavy atom. The summed E-state index contributed by atoms with van der Waals surface area (Å²) in [5.41, 5.74) is 9.50. The van der Waals surface area contributed by atoms with Crippen molar-refractivity contribution in [3.8, 4) is 0 Å². The molecule has 0 atom stereocenters. The topological polar surface area (TPSA) is 31.4 Å². The fourth-order valence-electron chi connectivity index (χ4n) is 4.66. The van der Waals surface area contributed by atoms with E-state index in [-0.39, 0.29) is 0 Å². The minimum Gasteiger partial charge on any atom is -0.368 e. The van der Waals surface area contributed by atoms with Crippen molar-refractivity contribution in [1.82, 2.24) is 4.98 Å². The SMILES string of the molecule is Cc1cc(Nc2ccc(N3CCN(c4ccccc4C)CC3)cc2)c2cccc(C)c2n1. The zero-order chi connectivity index (χ0) is 22.1. The zero-order valence-corrected chi connectivity index (χ0v) is 19.1. The first-order chi connectivity index (χ1) is 15.6. The third kappa shape index (κ3) is 4.01. The number of fused-ring (bicyclic) bond motifs is 1. The zero-order valence-electron chi connectivity index (χ0n) is 19.1. The monoisotopic (exact) mass is 422 g/mol. The van der Waals surface area contributed by atoms with Crippen LogP contribution in [0.5, 0.6) is 0 Å². The maximum Gasteiger partial charge on any atom is 0.0755 e. The highest BCUT2D eigenvalue weighted by Crippen LogP contribution is 2.29. The van der Waals surface area contributed by atoms with Crippen LogP contribution in [0, 0.1) is 20.8 Å². The Balaban J connectivity index is 1.29. The van der Waals surface area contributed by atoms with Gasteiger partial charge in [-0.05, 0) is 68.3 Å². The van der Waals surface area contributed by atoms with Gasteiger partial charge in [-0.15, -0.1) is 0 Å². The van der Waals surface area contributed by atoms with Gasteiger partial charge < -0.3 is 15.1 Å². The first-order valence-corrected chi connectivity index (χ1v) is 11.4. The Kier molecular flexibility index (Phi) is 5.44. The molecule has 5 rings (SSSR count). The fraction of sp³-hybridized carbons (Fsp3) is 0.250. The van der Waals surface area contributed by atoms with Crippen LogP contribution in [0.3, 0.4) is 0 Å². The summed E-state index contributed by atoms with van der Waals surface area (Å²) in [6, 6.07) is 26.0. The van der Waals surface area contributed by atoms with E-state index >= 15 is 0 Å². The van der Waals surface area contributed by atoms with Crippen LogP contribution in [0.1, 0.15) is 16.8 Å². The number of hydrogen-bond donors (Lipinski definition) is 1. The lowest BCUT2D eigenvalue weighted by Crippen LogP contribution is -2.46. The lowest BCUT2D eigenvalue weighted by Gasteiger charge is -2.38. The molecule has 0 aliphatic carbocycles. The van der Waals surface area contributed by atoms with Crippen molar-refractivity contribution in [2.75, 3.05) is 41.3 Å². The number of para-hydroxylation sites is 2. The van der Waals surface area contributed by atoms with Crippen LogP contribution >= 0.6 is 0 Å². The molecule has 1 aliphatic rings. The largest absolute Gasteiger partial charge is 0.368 e. The van der Waals surface area contributed by atoms with Gasteiger partial charge in [0, 0.05) is 60.0 Å². The Labute approximate surface area is 190 Å². The molecular weight excluding hydrogens is 392 g/mol. The number of aromatic nitrogens is 1. The molecule has 1 saturated heterocycles. The predicted octanol–water partition coefficient (Wildman–Crippen LogP) is 6.23. The third-order valence-corrected chi connectivity index (χ3v) is 6.42. The normalized spacial score (nSPS) is 14.1. The number of rotatable bonds is 4. The van der Waals surface area contributed by atoms with E-state index in [1.807, 2.05) is 0 Å². The molecule has 2 heterocycles. The summed E-state index contributed by atoms with van der Waals surface area (Å²) in [4.78, 5) is 9.72. The van der Waals surface area contributed by atoms with Crippen molar-refractivity contribution in [1.29, 1.82) is 0 Å². The first-order valence-electron chi connectivity index (χ1n) is 11.4. The molecule has 162 valence electrons. The van der Waals surface area contributed by atoms with E-state index in [9.17, 15) is 0 Å². The van der Waals surface area contributed by atoms with E-state index in [2.05, 4.69) is 109 Å². The molecule has 0 bridgehead atoms. The van der Waals surface area contributed by atoms with E-state index < -0.39 is 0 Å². The molecule has 0 amide bonds. The number of anilines is 4. The molecular formula is C28H30N4. The number of nitrogens with one attached hydrogen (secondary N) is 1. The molecule has 4 nitrogen and oxygen atoms in total. The van der Waals surface area contributed by atoms with Crippen molar-refractivity contribution >= 4 is 33.7 Å². The summed E-state index contributed by atoms with van der Waals surface area (Å²) in [5.74, 6) is 0. The predicted molar refractivity (Wildman–Crippen MR) is 137 cm³/mol. The second kappa shape index (κ2) is 8.54. The number of aryl methyl sites for hydroxylation is 3. The van der Waals surface area contributed by atoms with Gasteiger partial charge in [0.1, 0.15) is 0 Å². The lowest BCUT2D eigenvalue weighted by atomic mass is 10.1. The van der Waals surface area contributed by atoms with Crippen LogP contribution in [0.15, 0.2) is 72.8 Å². The fourth-order valence-corrected chi connectivity index (χ4v) is 4.66. The molecule has 1 N–H and O–H groups in total. The van der Waals surface area contributed by atoms with Crippen LogP contribution in [0.25, 0.3) is 10.9 Å². The van der Waals surface area contributed by atoms with Gasteiger partial charge >= 0.3 is 0 Å². The van der Waals surface area contributed by atoms with E-state index in [1.165, 1.54) is 22.5 Å². The maximum atomic E-state index is 4.74. The molecule has 0 unspecified atom stereocenters. The number of pyridine rings is 1. The van der Waals surface area contributed by atoms with E-state index in [0.717, 1.165) is 54.2 Å². The molecule has 0 spiro atoms. The van der Waals surface area contributed by atoms with Crippen molar-refractivity contribution < 1.29 is 0 Å². The molecule has 4 heteroatoms. The van der Waals surface area contributed by atoms with E-state index in [0.29, 0.717) is 0 Å². The highest BCUT2D eigenvalue weighted by molar-refractivity contribution is 5.95. The Bertz CT molecular complexity index is 1240. The average Bonchev–Trinajstić information content (AvgIpc) is 2.81. The van der Waals surface area contributed by atoms with Gasteiger partial charge in [-0.25, -0.2) is 0 Å². The smallest absolute Gasteiger partial charge is 0.0755 e. The summed E-state index contributed by atoms with van der Waals surface area (Å²) in [6.07, 6.45) is 0. The average molecular weight is 423 g/mol. The quantitative estimate of drug-likeness (QED) is 0.422. The maximum absolute atomic E-state index is 4.74. The first kappa shape index (κ1) is 20.4. The minimum absolute atomic E-state index is 1.03. The van der Waals surface area contributed by atoms with Crippen LogP contribution in [-0.2, 0) is 0 Å². The molecule has 0 radical (unpaired) electrons. The Hall–Kier alpha value is -3.53. The molecule has 1 aromatic heterocycles. The molecule has 1 fully saturated rings. The number of hydrogen-bond acceptors (Lipinski definition) is 4. The molecule has 0 saturated carbocycles. The number of nitrogens with zero attached hydrogens (tertiary/aromatic N) is 3. The van der Waals surface area contributed by atoms with Crippen LogP contribution < -0.4 is 15.1 Å². The van der Waals surface area contributed by atoms with Crippen LogP contribution in [0.2, 0.25) is 0 Å². The van der Waals surface area contributed by atoms with E-state index in [4.69, 9.17) is 4.98 Å². The standard InChI is InChI=1S/C28H30N4/c1-20-7-4-5-10-27(20)32-17-15-31(16-18-32)24-13-11-23(12-14-24)30-26-19-22(3)29-28-21(2)8-6-9-25(26)28/h4-14,19H,15-18H2,1-3H3,(H,29,30). The highest BCUT2D eigenvalue weighted by atomic mass is 15.3. The minimum atomic E-state index is 1.03. The second-order valence-corrected chi connectivity index (χ2v) is 8.71. The van der Waals surface area contributed by atoms with Gasteiger partial charge in [0.2, 0.25) is 0 Å². The van der Waals surface area contributed by atoms with Gasteiger partial charge in [-0.3, -0.25) is 4.98 Å². The Morgan fingerprint density at radius 2 is 1.41 bits per heavy atom. The number of benzene rings is 3. The van der Waals surface area contributed by atoms with Crippen molar-refractivity contribution in [3.63, 3.8) is 0 Å². The summed E-state index contributed by atoms with van der Waals surface area (Å²) in [6.45, 7) is 10.5. The van der Waals surface area contributed by atoms with Gasteiger partial charge in [-0.1, -0.05) is 36.4 Å². The molecule has 4 aromatic rings. The lowest BCUT2D eigenvalue weighted by molar-refractivity contribution is 0.652. The molecule has 32 heavy (non-hydrogen) atoms. The van der Waals surface area contributed by atoms with E-state index in [1.54, 1.807) is 0 Å². The van der Waals surface area contributed by atoms with Crippen molar-refractivity contribution in [3.05, 3.63) is 89.6 Å². The van der Waals surface area contributed by atoms with Gasteiger partial charge in [0.15, 0.2) is 0 Å². The Morgan fingerprint density at radius 3 is 2.16 bits per heavy atom. The molecule has 3 aromatic carbocycles. The highest BCUT2D eigenvalue weighted by Gasteiger charge is 2.18. The van der Waals surface area contributed by atoms with Gasteiger partial charge in [0.05, 0.1) is 5.52 Å². The van der Waals surface area contributed by atoms with Crippen LogP contribution in [0.4, 0.5) is 22.7 Å². The summed E-state index contributed by atoms with van der Waals surface area (Å²) in [7, 11) is 0. The van der Waals surface area contributed by atoms with Gasteiger partial charge in [0.25, 0.3) is 0 Å². The van der Waals surface area contributed by atoms with Gasteiger partial charge in [-0.2, -0.15) is 0 Å². The van der Waals surface area contributed by atoms with Crippen LogP contribution in [-0.4, -0.2) is 31.2 Å².